The van der Waals surface area contributed by atoms with Crippen molar-refractivity contribution in [3.63, 3.8) is 0 Å². The second kappa shape index (κ2) is 5.83. The molecule has 1 aliphatic heterocycles. The quantitative estimate of drug-likeness (QED) is 0.892. The van der Waals surface area contributed by atoms with Crippen LogP contribution in [0.3, 0.4) is 0 Å². The minimum absolute atomic E-state index is 0.344. The molecule has 18 heavy (non-hydrogen) atoms. The van der Waals surface area contributed by atoms with Crippen LogP contribution in [0, 0.1) is 17.1 Å². The first-order valence-electron chi connectivity index (χ1n) is 6.41. The van der Waals surface area contributed by atoms with Crippen molar-refractivity contribution in [3.8, 4) is 6.07 Å². The van der Waals surface area contributed by atoms with Gasteiger partial charge in [-0.15, -0.1) is 0 Å². The summed E-state index contributed by atoms with van der Waals surface area (Å²) in [6.07, 6.45) is 2.26. The van der Waals surface area contributed by atoms with E-state index in [9.17, 15) is 4.39 Å². The molecule has 2 rings (SSSR count). The summed E-state index contributed by atoms with van der Waals surface area (Å²) in [4.78, 5) is 2.39. The van der Waals surface area contributed by atoms with Crippen molar-refractivity contribution in [2.75, 3.05) is 25.0 Å². The molecule has 1 saturated heterocycles. The Balaban J connectivity index is 2.07. The number of nitriles is 1. The Bertz CT molecular complexity index is 453. The molecule has 1 fully saturated rings. The number of hydrogen-bond acceptors (Lipinski definition) is 3. The minimum Gasteiger partial charge on any atom is -0.380 e. The highest BCUT2D eigenvalue weighted by molar-refractivity contribution is 5.58. The van der Waals surface area contributed by atoms with Gasteiger partial charge in [-0.05, 0) is 44.1 Å². The fraction of sp³-hybridized carbons (Fsp3) is 0.500. The van der Waals surface area contributed by atoms with Gasteiger partial charge in [-0.1, -0.05) is 6.92 Å². The number of anilines is 1. The van der Waals surface area contributed by atoms with Crippen LogP contribution in [0.1, 0.15) is 25.3 Å². The number of piperidine rings is 1. The van der Waals surface area contributed by atoms with Crippen LogP contribution < -0.4 is 5.32 Å². The number of hydrogen-bond donors (Lipinski definition) is 1. The maximum absolute atomic E-state index is 13.0. The van der Waals surface area contributed by atoms with Crippen LogP contribution in [0.5, 0.6) is 0 Å². The molecule has 1 N–H and O–H groups in total. The fourth-order valence-electron chi connectivity index (χ4n) is 2.42. The van der Waals surface area contributed by atoms with Gasteiger partial charge in [-0.25, -0.2) is 4.39 Å². The van der Waals surface area contributed by atoms with E-state index in [4.69, 9.17) is 5.26 Å². The van der Waals surface area contributed by atoms with Gasteiger partial charge in [0.2, 0.25) is 0 Å². The van der Waals surface area contributed by atoms with E-state index < -0.39 is 0 Å². The van der Waals surface area contributed by atoms with Gasteiger partial charge in [-0.2, -0.15) is 5.26 Å². The van der Waals surface area contributed by atoms with Gasteiger partial charge in [-0.3, -0.25) is 0 Å². The lowest BCUT2D eigenvalue weighted by atomic mass is 10.0. The lowest BCUT2D eigenvalue weighted by Crippen LogP contribution is -2.41. The van der Waals surface area contributed by atoms with Gasteiger partial charge in [0.05, 0.1) is 11.3 Å². The third-order valence-corrected chi connectivity index (χ3v) is 3.41. The number of likely N-dealkylation sites (N-methyl/N-ethyl adjacent to an activating group) is 1. The molecule has 0 aromatic heterocycles. The van der Waals surface area contributed by atoms with Crippen LogP contribution in [0.4, 0.5) is 10.1 Å². The zero-order chi connectivity index (χ0) is 13.0. The largest absolute Gasteiger partial charge is 0.380 e. The highest BCUT2D eigenvalue weighted by Gasteiger charge is 2.19. The fourth-order valence-corrected chi connectivity index (χ4v) is 2.42. The third kappa shape index (κ3) is 2.99. The zero-order valence-electron chi connectivity index (χ0n) is 10.6. The Kier molecular flexibility index (Phi) is 4.16. The molecule has 3 nitrogen and oxygen atoms in total. The average Bonchev–Trinajstić information content (AvgIpc) is 2.41. The smallest absolute Gasteiger partial charge is 0.124 e. The standard InChI is InChI=1S/C14H18FN3/c1-2-18-7-3-4-13(10-18)17-14-6-5-12(15)8-11(14)9-16/h5-6,8,13,17H,2-4,7,10H2,1H3. The second-order valence-electron chi connectivity index (χ2n) is 4.68. The van der Waals surface area contributed by atoms with Gasteiger partial charge in [0.15, 0.2) is 0 Å². The molecule has 4 heteroatoms. The van der Waals surface area contributed by atoms with Crippen LogP contribution in [0.2, 0.25) is 0 Å². The minimum atomic E-state index is -0.365. The average molecular weight is 247 g/mol. The lowest BCUT2D eigenvalue weighted by Gasteiger charge is -2.33. The van der Waals surface area contributed by atoms with Crippen LogP contribution in [0.15, 0.2) is 18.2 Å². The van der Waals surface area contributed by atoms with Crippen molar-refractivity contribution in [1.82, 2.24) is 4.90 Å². The molecular weight excluding hydrogens is 229 g/mol. The van der Waals surface area contributed by atoms with Crippen molar-refractivity contribution in [2.24, 2.45) is 0 Å². The van der Waals surface area contributed by atoms with Crippen LogP contribution >= 0.6 is 0 Å². The molecule has 1 heterocycles. The van der Waals surface area contributed by atoms with Gasteiger partial charge in [0.1, 0.15) is 11.9 Å². The van der Waals surface area contributed by atoms with Gasteiger partial charge in [0, 0.05) is 12.6 Å². The first-order chi connectivity index (χ1) is 8.72. The third-order valence-electron chi connectivity index (χ3n) is 3.41. The topological polar surface area (TPSA) is 39.1 Å². The Morgan fingerprint density at radius 2 is 2.39 bits per heavy atom. The number of benzene rings is 1. The molecule has 1 unspecified atom stereocenters. The van der Waals surface area contributed by atoms with Gasteiger partial charge in [0.25, 0.3) is 0 Å². The van der Waals surface area contributed by atoms with Crippen molar-refractivity contribution in [2.45, 2.75) is 25.8 Å². The summed E-state index contributed by atoms with van der Waals surface area (Å²) in [5.41, 5.74) is 1.12. The molecule has 0 aliphatic carbocycles. The molecule has 1 aromatic rings. The Labute approximate surface area is 107 Å². The normalized spacial score (nSPS) is 20.4. The predicted molar refractivity (Wildman–Crippen MR) is 69.9 cm³/mol. The Morgan fingerprint density at radius 1 is 1.56 bits per heavy atom. The molecule has 1 atom stereocenters. The zero-order valence-corrected chi connectivity index (χ0v) is 10.6. The number of nitrogens with zero attached hydrogens (tertiary/aromatic N) is 2. The first-order valence-corrected chi connectivity index (χ1v) is 6.41. The second-order valence-corrected chi connectivity index (χ2v) is 4.68. The van der Waals surface area contributed by atoms with Crippen LogP contribution in [-0.2, 0) is 0 Å². The van der Waals surface area contributed by atoms with E-state index in [1.807, 2.05) is 6.07 Å². The molecule has 0 saturated carbocycles. The molecule has 1 aliphatic rings. The van der Waals surface area contributed by atoms with Crippen molar-refractivity contribution in [3.05, 3.63) is 29.6 Å². The number of rotatable bonds is 3. The van der Waals surface area contributed by atoms with Crippen molar-refractivity contribution >= 4 is 5.69 Å². The summed E-state index contributed by atoms with van der Waals surface area (Å²) < 4.78 is 13.0. The first kappa shape index (κ1) is 12.8. The maximum Gasteiger partial charge on any atom is 0.124 e. The highest BCUT2D eigenvalue weighted by atomic mass is 19.1. The SMILES string of the molecule is CCN1CCCC(Nc2ccc(F)cc2C#N)C1. The van der Waals surface area contributed by atoms with E-state index >= 15 is 0 Å². The van der Waals surface area contributed by atoms with E-state index in [0.29, 0.717) is 11.6 Å². The lowest BCUT2D eigenvalue weighted by molar-refractivity contribution is 0.227. The van der Waals surface area contributed by atoms with Crippen LogP contribution in [-0.4, -0.2) is 30.6 Å². The Hall–Kier alpha value is -1.60. The van der Waals surface area contributed by atoms with Gasteiger partial charge < -0.3 is 10.2 Å². The number of likely N-dealkylation sites (tertiary alicyclic amines) is 1. The maximum atomic E-state index is 13.0. The molecule has 0 bridgehead atoms. The number of nitrogens with one attached hydrogen (secondary N) is 1. The van der Waals surface area contributed by atoms with Gasteiger partial charge >= 0.3 is 0 Å². The summed E-state index contributed by atoms with van der Waals surface area (Å²) in [5, 5.41) is 12.4. The van der Waals surface area contributed by atoms with Crippen LogP contribution in [0.25, 0.3) is 0 Å². The summed E-state index contributed by atoms with van der Waals surface area (Å²) in [6, 6.07) is 6.70. The van der Waals surface area contributed by atoms with E-state index in [2.05, 4.69) is 17.1 Å². The molecule has 1 aromatic carbocycles. The molecule has 0 amide bonds. The molecule has 96 valence electrons. The van der Waals surface area contributed by atoms with Crippen molar-refractivity contribution in [1.29, 1.82) is 5.26 Å². The Morgan fingerprint density at radius 3 is 3.11 bits per heavy atom. The monoisotopic (exact) mass is 247 g/mol. The molecule has 0 spiro atoms. The predicted octanol–water partition coefficient (Wildman–Crippen LogP) is 2.59. The summed E-state index contributed by atoms with van der Waals surface area (Å²) in [7, 11) is 0. The number of halogens is 1. The molecular formula is C14H18FN3. The molecule has 0 radical (unpaired) electrons. The van der Waals surface area contributed by atoms with Crippen molar-refractivity contribution < 1.29 is 4.39 Å². The summed E-state index contributed by atoms with van der Waals surface area (Å²) in [5.74, 6) is -0.365. The van der Waals surface area contributed by atoms with E-state index in [0.717, 1.165) is 38.2 Å². The summed E-state index contributed by atoms with van der Waals surface area (Å²) >= 11 is 0. The highest BCUT2D eigenvalue weighted by Crippen LogP contribution is 2.20. The van der Waals surface area contributed by atoms with E-state index in [1.165, 1.54) is 12.1 Å². The van der Waals surface area contributed by atoms with E-state index in [-0.39, 0.29) is 5.82 Å². The summed E-state index contributed by atoms with van der Waals surface area (Å²) in [6.45, 7) is 5.33. The van der Waals surface area contributed by atoms with E-state index in [1.54, 1.807) is 6.07 Å².